The van der Waals surface area contributed by atoms with Crippen LogP contribution in [0.3, 0.4) is 0 Å². The van der Waals surface area contributed by atoms with Crippen molar-refractivity contribution >= 4 is 11.6 Å². The maximum atomic E-state index is 13.5. The van der Waals surface area contributed by atoms with Gasteiger partial charge in [0.2, 0.25) is 5.91 Å². The van der Waals surface area contributed by atoms with E-state index in [4.69, 9.17) is 0 Å². The Kier molecular flexibility index (Phi) is 6.82. The number of anilines is 1. The van der Waals surface area contributed by atoms with Crippen LogP contribution in [0.1, 0.15) is 98.9 Å². The molecule has 8 heteroatoms. The minimum Gasteiger partial charge on any atom is -0.326 e. The van der Waals surface area contributed by atoms with Gasteiger partial charge in [0, 0.05) is 30.0 Å². The second-order valence-corrected chi connectivity index (χ2v) is 9.93. The summed E-state index contributed by atoms with van der Waals surface area (Å²) in [5, 5.41) is 11.4. The zero-order valence-corrected chi connectivity index (χ0v) is 19.6. The van der Waals surface area contributed by atoms with Crippen LogP contribution < -0.4 is 5.32 Å². The first-order valence-electron chi connectivity index (χ1n) is 12.0. The molecule has 0 spiro atoms. The molecule has 0 bridgehead atoms. The Bertz CT molecular complexity index is 990. The lowest BCUT2D eigenvalue weighted by Crippen LogP contribution is -2.26. The van der Waals surface area contributed by atoms with E-state index in [2.05, 4.69) is 22.4 Å². The summed E-state index contributed by atoms with van der Waals surface area (Å²) in [6.07, 6.45) is 0.465. The van der Waals surface area contributed by atoms with E-state index in [1.807, 2.05) is 30.5 Å². The van der Waals surface area contributed by atoms with Gasteiger partial charge in [-0.3, -0.25) is 4.79 Å². The largest absolute Gasteiger partial charge is 0.389 e. The van der Waals surface area contributed by atoms with Gasteiger partial charge in [0.1, 0.15) is 11.6 Å². The molecule has 0 aliphatic heterocycles. The minimum atomic E-state index is -4.39. The molecule has 0 unspecified atom stereocenters. The van der Waals surface area contributed by atoms with Crippen LogP contribution in [0.5, 0.6) is 0 Å². The molecule has 1 aromatic carbocycles. The number of amides is 1. The average Bonchev–Trinajstić information content (AvgIpc) is 3.43. The number of hydrogen-bond acceptors (Lipinski definition) is 3. The van der Waals surface area contributed by atoms with Crippen molar-refractivity contribution in [2.75, 3.05) is 5.32 Å². The molecule has 2 aliphatic carbocycles. The number of halogens is 3. The Labute approximate surface area is 193 Å². The second-order valence-electron chi connectivity index (χ2n) is 9.93. The summed E-state index contributed by atoms with van der Waals surface area (Å²) >= 11 is 0. The predicted molar refractivity (Wildman–Crippen MR) is 121 cm³/mol. The molecule has 4 rings (SSSR count). The van der Waals surface area contributed by atoms with E-state index in [9.17, 15) is 18.0 Å². The van der Waals surface area contributed by atoms with Gasteiger partial charge in [0.25, 0.3) is 0 Å². The molecular weight excluding hydrogens is 429 g/mol. The van der Waals surface area contributed by atoms with Crippen LogP contribution in [0.4, 0.5) is 18.9 Å². The van der Waals surface area contributed by atoms with Crippen LogP contribution in [0.2, 0.25) is 0 Å². The molecule has 33 heavy (non-hydrogen) atoms. The number of alkyl halides is 3. The van der Waals surface area contributed by atoms with Crippen molar-refractivity contribution in [1.82, 2.24) is 14.8 Å². The number of hydrogen-bond donors (Lipinski definition) is 1. The monoisotopic (exact) mass is 462 g/mol. The number of nitrogens with one attached hydrogen (secondary N) is 1. The number of nitrogens with zero attached hydrogens (tertiary/aromatic N) is 3. The van der Waals surface area contributed by atoms with Gasteiger partial charge >= 0.3 is 6.18 Å². The van der Waals surface area contributed by atoms with Gasteiger partial charge in [-0.1, -0.05) is 37.5 Å². The number of aryl methyl sites for hydroxylation is 2. The van der Waals surface area contributed by atoms with Gasteiger partial charge in [-0.05, 0) is 57.1 Å². The normalized spacial score (nSPS) is 21.5. The fourth-order valence-corrected chi connectivity index (χ4v) is 5.08. The van der Waals surface area contributed by atoms with Crippen molar-refractivity contribution < 1.29 is 18.0 Å². The number of aromatic nitrogens is 3. The summed E-state index contributed by atoms with van der Waals surface area (Å²) in [7, 11) is 0. The second kappa shape index (κ2) is 9.47. The van der Waals surface area contributed by atoms with Crippen LogP contribution in [-0.4, -0.2) is 26.8 Å². The van der Waals surface area contributed by atoms with E-state index in [0.29, 0.717) is 17.4 Å². The molecule has 180 valence electrons. The van der Waals surface area contributed by atoms with Gasteiger partial charge in [-0.2, -0.15) is 13.2 Å². The van der Waals surface area contributed by atoms with Crippen molar-refractivity contribution in [3.8, 4) is 0 Å². The summed E-state index contributed by atoms with van der Waals surface area (Å²) in [5.74, 6) is 0.585. The van der Waals surface area contributed by atoms with E-state index in [-0.39, 0.29) is 18.4 Å². The fourth-order valence-electron chi connectivity index (χ4n) is 5.08. The van der Waals surface area contributed by atoms with E-state index in [1.54, 1.807) is 6.07 Å². The highest BCUT2D eigenvalue weighted by Crippen LogP contribution is 2.48. The third kappa shape index (κ3) is 5.76. The van der Waals surface area contributed by atoms with Crippen LogP contribution in [-0.2, 0) is 4.79 Å². The zero-order chi connectivity index (χ0) is 23.8. The number of rotatable bonds is 9. The molecule has 2 aliphatic rings. The molecule has 1 aromatic heterocycles. The number of carbonyl (C=O) groups excluding carboxylic acids is 1. The Morgan fingerprint density at radius 1 is 1.21 bits per heavy atom. The maximum absolute atomic E-state index is 13.5. The van der Waals surface area contributed by atoms with Crippen LogP contribution in [0.25, 0.3) is 0 Å². The summed E-state index contributed by atoms with van der Waals surface area (Å²) in [6.45, 7) is 5.99. The molecule has 2 aromatic rings. The van der Waals surface area contributed by atoms with Crippen LogP contribution >= 0.6 is 0 Å². The minimum absolute atomic E-state index is 0.161. The molecule has 5 nitrogen and oxygen atoms in total. The molecular formula is C25H33F3N4O. The van der Waals surface area contributed by atoms with Crippen molar-refractivity contribution in [3.05, 3.63) is 41.0 Å². The predicted octanol–water partition coefficient (Wildman–Crippen LogP) is 6.59. The molecule has 1 heterocycles. The standard InChI is InChI=1S/C25H33F3N4O/c1-4-5-17-11-18(12-17)23-30-31-24(32(23)20-7-8-20)19(14-25(26,27)28)13-22(33)29-21-9-6-15(2)10-16(21)3/h6,9-10,17-20H,4-5,7-8,11-14H2,1-3H3,(H,29,33)/t17?,18?,19-/m1/s1. The molecule has 1 N–H and O–H groups in total. The highest BCUT2D eigenvalue weighted by atomic mass is 19.4. The van der Waals surface area contributed by atoms with Crippen LogP contribution in [0, 0.1) is 19.8 Å². The summed E-state index contributed by atoms with van der Waals surface area (Å²) < 4.78 is 42.5. The first-order valence-corrected chi connectivity index (χ1v) is 12.0. The zero-order valence-electron chi connectivity index (χ0n) is 19.6. The molecule has 1 atom stereocenters. The molecule has 0 saturated heterocycles. The van der Waals surface area contributed by atoms with Crippen molar-refractivity contribution in [1.29, 1.82) is 0 Å². The Morgan fingerprint density at radius 3 is 2.55 bits per heavy atom. The lowest BCUT2D eigenvalue weighted by molar-refractivity contribution is -0.140. The van der Waals surface area contributed by atoms with Crippen LogP contribution in [0.15, 0.2) is 18.2 Å². The van der Waals surface area contributed by atoms with Gasteiger partial charge in [-0.25, -0.2) is 0 Å². The number of benzene rings is 1. The summed E-state index contributed by atoms with van der Waals surface area (Å²) in [6, 6.07) is 5.75. The smallest absolute Gasteiger partial charge is 0.326 e. The lowest BCUT2D eigenvalue weighted by atomic mass is 9.72. The Balaban J connectivity index is 1.55. The first-order chi connectivity index (χ1) is 15.6. The fraction of sp³-hybridized carbons (Fsp3) is 0.640. The highest BCUT2D eigenvalue weighted by Gasteiger charge is 2.42. The summed E-state index contributed by atoms with van der Waals surface area (Å²) in [5.41, 5.74) is 2.56. The van der Waals surface area contributed by atoms with Gasteiger partial charge in [0.15, 0.2) is 0 Å². The third-order valence-electron chi connectivity index (χ3n) is 6.89. The lowest BCUT2D eigenvalue weighted by Gasteiger charge is -2.35. The highest BCUT2D eigenvalue weighted by molar-refractivity contribution is 5.92. The third-order valence-corrected chi connectivity index (χ3v) is 6.89. The van der Waals surface area contributed by atoms with E-state index >= 15 is 0 Å². The van der Waals surface area contributed by atoms with Crippen molar-refractivity contribution in [2.45, 2.75) is 96.2 Å². The quantitative estimate of drug-likeness (QED) is 0.457. The SMILES string of the molecule is CCCC1CC(c2nnc([C@H](CC(=O)Nc3ccc(C)cc3C)CC(F)(F)F)n2C2CC2)C1. The first kappa shape index (κ1) is 23.8. The van der Waals surface area contributed by atoms with Gasteiger partial charge < -0.3 is 9.88 Å². The Morgan fingerprint density at radius 2 is 1.94 bits per heavy atom. The average molecular weight is 463 g/mol. The Hall–Kier alpha value is -2.38. The molecule has 0 radical (unpaired) electrons. The van der Waals surface area contributed by atoms with Gasteiger partial charge in [-0.15, -0.1) is 10.2 Å². The van der Waals surface area contributed by atoms with E-state index in [0.717, 1.165) is 49.1 Å². The molecule has 1 amide bonds. The van der Waals surface area contributed by atoms with E-state index in [1.165, 1.54) is 6.42 Å². The maximum Gasteiger partial charge on any atom is 0.389 e. The summed E-state index contributed by atoms with van der Waals surface area (Å²) in [4.78, 5) is 12.8. The topological polar surface area (TPSA) is 59.8 Å². The van der Waals surface area contributed by atoms with Gasteiger partial charge in [0.05, 0.1) is 6.42 Å². The van der Waals surface area contributed by atoms with Crippen molar-refractivity contribution in [3.63, 3.8) is 0 Å². The molecule has 2 fully saturated rings. The molecule has 2 saturated carbocycles. The van der Waals surface area contributed by atoms with E-state index < -0.39 is 24.4 Å². The number of carbonyl (C=O) groups is 1. The van der Waals surface area contributed by atoms with Crippen molar-refractivity contribution in [2.24, 2.45) is 5.92 Å².